The molecule has 0 saturated heterocycles. The summed E-state index contributed by atoms with van der Waals surface area (Å²) in [5.41, 5.74) is 2.43. The maximum absolute atomic E-state index is 5.71. The third kappa shape index (κ3) is 9.41. The van der Waals surface area contributed by atoms with Crippen molar-refractivity contribution in [2.45, 2.75) is 25.8 Å². The average molecular weight is 497 g/mol. The van der Waals surface area contributed by atoms with E-state index in [1.54, 1.807) is 14.2 Å². The Balaban J connectivity index is 0.00000392. The summed E-state index contributed by atoms with van der Waals surface area (Å²) in [6, 6.07) is 18.4. The predicted molar refractivity (Wildman–Crippen MR) is 127 cm³/mol. The van der Waals surface area contributed by atoms with Gasteiger partial charge in [-0.3, -0.25) is 4.99 Å². The van der Waals surface area contributed by atoms with Gasteiger partial charge in [-0.05, 0) is 30.9 Å². The number of nitrogens with zero attached hydrogens (tertiary/aromatic N) is 1. The first-order valence-corrected chi connectivity index (χ1v) is 9.51. The van der Waals surface area contributed by atoms with Gasteiger partial charge in [-0.25, -0.2) is 0 Å². The van der Waals surface area contributed by atoms with Crippen LogP contribution in [0.3, 0.4) is 0 Å². The van der Waals surface area contributed by atoms with E-state index in [2.05, 4.69) is 39.9 Å². The lowest BCUT2D eigenvalue weighted by Crippen LogP contribution is -2.37. The van der Waals surface area contributed by atoms with Gasteiger partial charge in [-0.1, -0.05) is 48.5 Å². The highest BCUT2D eigenvalue weighted by atomic mass is 127. The molecule has 0 radical (unpaired) electrons. The van der Waals surface area contributed by atoms with E-state index in [0.717, 1.165) is 56.3 Å². The monoisotopic (exact) mass is 497 g/mol. The SMILES string of the molecule is CN=C(NCCCCOCCc1ccccc1)NCc1ccccc1OC.I. The number of halogens is 1. The van der Waals surface area contributed by atoms with Crippen LogP contribution in [0.2, 0.25) is 0 Å². The number of hydrogen-bond donors (Lipinski definition) is 2. The summed E-state index contributed by atoms with van der Waals surface area (Å²) in [6.07, 6.45) is 3.05. The van der Waals surface area contributed by atoms with Gasteiger partial charge in [0, 0.05) is 32.3 Å². The van der Waals surface area contributed by atoms with Crippen molar-refractivity contribution in [3.8, 4) is 5.75 Å². The van der Waals surface area contributed by atoms with Crippen LogP contribution in [0.4, 0.5) is 0 Å². The zero-order valence-corrected chi connectivity index (χ0v) is 19.1. The van der Waals surface area contributed by atoms with Crippen molar-refractivity contribution in [1.29, 1.82) is 0 Å². The lowest BCUT2D eigenvalue weighted by Gasteiger charge is -2.13. The molecule has 0 amide bonds. The molecule has 0 fully saturated rings. The third-order valence-corrected chi connectivity index (χ3v) is 4.25. The van der Waals surface area contributed by atoms with E-state index in [4.69, 9.17) is 9.47 Å². The van der Waals surface area contributed by atoms with Crippen LogP contribution in [0.5, 0.6) is 5.75 Å². The second kappa shape index (κ2) is 15.2. The minimum Gasteiger partial charge on any atom is -0.496 e. The number of benzene rings is 2. The van der Waals surface area contributed by atoms with Gasteiger partial charge in [-0.2, -0.15) is 0 Å². The van der Waals surface area contributed by atoms with Gasteiger partial charge in [0.05, 0.1) is 13.7 Å². The summed E-state index contributed by atoms with van der Waals surface area (Å²) >= 11 is 0. The summed E-state index contributed by atoms with van der Waals surface area (Å²) in [5, 5.41) is 6.65. The summed E-state index contributed by atoms with van der Waals surface area (Å²) < 4.78 is 11.1. The van der Waals surface area contributed by atoms with Crippen LogP contribution in [0.15, 0.2) is 59.6 Å². The second-order valence-electron chi connectivity index (χ2n) is 6.22. The highest BCUT2D eigenvalue weighted by molar-refractivity contribution is 14.0. The maximum atomic E-state index is 5.71. The van der Waals surface area contributed by atoms with E-state index < -0.39 is 0 Å². The van der Waals surface area contributed by atoms with Gasteiger partial charge >= 0.3 is 0 Å². The summed E-state index contributed by atoms with van der Waals surface area (Å²) in [4.78, 5) is 4.26. The molecule has 2 rings (SSSR count). The Morgan fingerprint density at radius 1 is 0.929 bits per heavy atom. The van der Waals surface area contributed by atoms with E-state index in [1.807, 2.05) is 30.3 Å². The molecule has 0 bridgehead atoms. The van der Waals surface area contributed by atoms with Gasteiger partial charge < -0.3 is 20.1 Å². The van der Waals surface area contributed by atoms with Crippen molar-refractivity contribution in [3.05, 3.63) is 65.7 Å². The smallest absolute Gasteiger partial charge is 0.191 e. The van der Waals surface area contributed by atoms with E-state index in [-0.39, 0.29) is 24.0 Å². The van der Waals surface area contributed by atoms with Crippen molar-refractivity contribution >= 4 is 29.9 Å². The van der Waals surface area contributed by atoms with Crippen molar-refractivity contribution in [3.63, 3.8) is 0 Å². The molecule has 0 aliphatic heterocycles. The molecule has 2 N–H and O–H groups in total. The normalized spacial score (nSPS) is 10.9. The Bertz CT molecular complexity index is 680. The summed E-state index contributed by atoms with van der Waals surface area (Å²) in [7, 11) is 3.47. The fourth-order valence-electron chi connectivity index (χ4n) is 2.72. The van der Waals surface area contributed by atoms with Gasteiger partial charge in [0.1, 0.15) is 5.75 Å². The van der Waals surface area contributed by atoms with Gasteiger partial charge in [-0.15, -0.1) is 24.0 Å². The Labute approximate surface area is 186 Å². The number of unbranched alkanes of at least 4 members (excludes halogenated alkanes) is 1. The largest absolute Gasteiger partial charge is 0.496 e. The first kappa shape index (κ1) is 24.2. The van der Waals surface area contributed by atoms with Crippen LogP contribution in [-0.2, 0) is 17.7 Å². The van der Waals surface area contributed by atoms with Crippen LogP contribution >= 0.6 is 24.0 Å². The highest BCUT2D eigenvalue weighted by Crippen LogP contribution is 2.16. The first-order chi connectivity index (χ1) is 13.3. The fourth-order valence-corrected chi connectivity index (χ4v) is 2.72. The molecule has 0 aliphatic carbocycles. The Morgan fingerprint density at radius 3 is 2.43 bits per heavy atom. The molecule has 0 atom stereocenters. The predicted octanol–water partition coefficient (Wildman–Crippen LogP) is 4.02. The topological polar surface area (TPSA) is 54.9 Å². The molecule has 6 heteroatoms. The number of methoxy groups -OCH3 is 1. The number of guanidine groups is 1. The molecule has 28 heavy (non-hydrogen) atoms. The molecule has 154 valence electrons. The molecule has 0 saturated carbocycles. The number of ether oxygens (including phenoxy) is 2. The van der Waals surface area contributed by atoms with Crippen LogP contribution in [-0.4, -0.2) is 39.9 Å². The molecule has 0 aromatic heterocycles. The zero-order valence-electron chi connectivity index (χ0n) is 16.8. The van der Waals surface area contributed by atoms with Crippen LogP contribution in [0.1, 0.15) is 24.0 Å². The Hall–Kier alpha value is -1.80. The van der Waals surface area contributed by atoms with Gasteiger partial charge in [0.25, 0.3) is 0 Å². The molecule has 0 unspecified atom stereocenters. The van der Waals surface area contributed by atoms with Crippen molar-refractivity contribution in [1.82, 2.24) is 10.6 Å². The fraction of sp³-hybridized carbons (Fsp3) is 0.409. The third-order valence-electron chi connectivity index (χ3n) is 4.25. The average Bonchev–Trinajstić information content (AvgIpc) is 2.73. The van der Waals surface area contributed by atoms with Crippen LogP contribution in [0.25, 0.3) is 0 Å². The molecule has 2 aromatic carbocycles. The standard InChI is InChI=1S/C22H31N3O2.HI/c1-23-22(25-18-20-12-6-7-13-21(20)26-2)24-15-8-9-16-27-17-14-19-10-4-3-5-11-19;/h3-7,10-13H,8-9,14-18H2,1-2H3,(H2,23,24,25);1H. The zero-order chi connectivity index (χ0) is 19.2. The number of nitrogens with one attached hydrogen (secondary N) is 2. The van der Waals surface area contributed by atoms with E-state index >= 15 is 0 Å². The molecule has 0 heterocycles. The van der Waals surface area contributed by atoms with Crippen molar-refractivity contribution in [2.24, 2.45) is 4.99 Å². The Morgan fingerprint density at radius 2 is 1.68 bits per heavy atom. The number of rotatable bonds is 11. The molecule has 0 spiro atoms. The molecule has 5 nitrogen and oxygen atoms in total. The lowest BCUT2D eigenvalue weighted by atomic mass is 10.2. The molecule has 2 aromatic rings. The second-order valence-corrected chi connectivity index (χ2v) is 6.22. The molecular formula is C22H32IN3O2. The maximum Gasteiger partial charge on any atom is 0.191 e. The van der Waals surface area contributed by atoms with Gasteiger partial charge in [0.15, 0.2) is 5.96 Å². The van der Waals surface area contributed by atoms with E-state index in [1.165, 1.54) is 5.56 Å². The minimum atomic E-state index is 0. The Kier molecular flexibility index (Phi) is 13.1. The number of hydrogen-bond acceptors (Lipinski definition) is 3. The molecule has 0 aliphatic rings. The highest BCUT2D eigenvalue weighted by Gasteiger charge is 2.03. The minimum absolute atomic E-state index is 0. The van der Waals surface area contributed by atoms with Crippen molar-refractivity contribution in [2.75, 3.05) is 33.9 Å². The van der Waals surface area contributed by atoms with Crippen LogP contribution in [0, 0.1) is 0 Å². The van der Waals surface area contributed by atoms with Gasteiger partial charge in [0.2, 0.25) is 0 Å². The summed E-state index contributed by atoms with van der Waals surface area (Å²) in [6.45, 7) is 3.11. The number of aliphatic imine (C=N–C) groups is 1. The molecular weight excluding hydrogens is 465 g/mol. The first-order valence-electron chi connectivity index (χ1n) is 9.51. The van der Waals surface area contributed by atoms with E-state index in [0.29, 0.717) is 6.54 Å². The number of para-hydroxylation sites is 1. The van der Waals surface area contributed by atoms with Crippen molar-refractivity contribution < 1.29 is 9.47 Å². The quantitative estimate of drug-likeness (QED) is 0.213. The van der Waals surface area contributed by atoms with E-state index in [9.17, 15) is 0 Å². The lowest BCUT2D eigenvalue weighted by molar-refractivity contribution is 0.133. The van der Waals surface area contributed by atoms with Crippen LogP contribution < -0.4 is 15.4 Å². The summed E-state index contributed by atoms with van der Waals surface area (Å²) in [5.74, 6) is 1.68.